The number of anilines is 1. The second-order valence-electron chi connectivity index (χ2n) is 11.2. The van der Waals surface area contributed by atoms with E-state index in [1.165, 1.54) is 4.90 Å². The summed E-state index contributed by atoms with van der Waals surface area (Å²) in [6, 6.07) is 31.5. The van der Waals surface area contributed by atoms with Crippen LogP contribution in [0.3, 0.4) is 0 Å². The predicted molar refractivity (Wildman–Crippen MR) is 176 cm³/mol. The maximum absolute atomic E-state index is 14.5. The van der Waals surface area contributed by atoms with Crippen molar-refractivity contribution >= 4 is 27.5 Å². The number of rotatable bonds is 13. The number of aryl methyl sites for hydroxylation is 2. The van der Waals surface area contributed by atoms with E-state index in [-0.39, 0.29) is 29.8 Å². The molecule has 0 unspecified atom stereocenters. The number of nitrogens with zero attached hydrogens (tertiary/aromatic N) is 2. The Morgan fingerprint density at radius 3 is 1.86 bits per heavy atom. The summed E-state index contributed by atoms with van der Waals surface area (Å²) in [6.07, 6.45) is 1.00. The van der Waals surface area contributed by atoms with Gasteiger partial charge < -0.3 is 10.2 Å². The highest BCUT2D eigenvalue weighted by Crippen LogP contribution is 2.25. The second kappa shape index (κ2) is 14.8. The Hall–Kier alpha value is -4.43. The largest absolute Gasteiger partial charge is 0.352 e. The van der Waals surface area contributed by atoms with Crippen LogP contribution in [-0.4, -0.2) is 43.8 Å². The van der Waals surface area contributed by atoms with E-state index in [0.29, 0.717) is 5.69 Å². The second-order valence-corrected chi connectivity index (χ2v) is 13.1. The van der Waals surface area contributed by atoms with Crippen LogP contribution >= 0.6 is 0 Å². The van der Waals surface area contributed by atoms with Gasteiger partial charge in [0.05, 0.1) is 10.6 Å². The SMILES string of the molecule is CC[C@H](C)NC(=O)[C@@H](Cc1ccccc1)N(Cc1ccc(C)cc1)C(=O)CN(c1ccccc1)S(=O)(=O)c1ccc(C)cc1. The summed E-state index contributed by atoms with van der Waals surface area (Å²) in [6.45, 7) is 7.44. The molecular weight excluding hydrogens is 570 g/mol. The first-order valence-corrected chi connectivity index (χ1v) is 16.4. The molecule has 0 aliphatic carbocycles. The highest BCUT2D eigenvalue weighted by atomic mass is 32.2. The molecule has 0 aliphatic rings. The smallest absolute Gasteiger partial charge is 0.264 e. The molecule has 0 saturated carbocycles. The van der Waals surface area contributed by atoms with E-state index in [9.17, 15) is 18.0 Å². The zero-order valence-corrected chi connectivity index (χ0v) is 26.6. The van der Waals surface area contributed by atoms with Crippen molar-refractivity contribution < 1.29 is 18.0 Å². The molecule has 4 rings (SSSR count). The highest BCUT2D eigenvalue weighted by Gasteiger charge is 2.34. The third-order valence-corrected chi connectivity index (χ3v) is 9.47. The maximum atomic E-state index is 14.5. The average molecular weight is 612 g/mol. The van der Waals surface area contributed by atoms with Crippen molar-refractivity contribution in [1.29, 1.82) is 0 Å². The summed E-state index contributed by atoms with van der Waals surface area (Å²) >= 11 is 0. The number of amides is 2. The van der Waals surface area contributed by atoms with Crippen LogP contribution in [0, 0.1) is 13.8 Å². The number of benzene rings is 4. The third kappa shape index (κ3) is 8.35. The van der Waals surface area contributed by atoms with Gasteiger partial charge in [-0.05, 0) is 62.6 Å². The Kier molecular flexibility index (Phi) is 11.0. The summed E-state index contributed by atoms with van der Waals surface area (Å²) in [5, 5.41) is 3.06. The minimum atomic E-state index is -4.12. The normalized spacial score (nSPS) is 12.6. The Bertz CT molecular complexity index is 1620. The minimum Gasteiger partial charge on any atom is -0.352 e. The average Bonchev–Trinajstić information content (AvgIpc) is 3.03. The molecular formula is C36H41N3O4S. The van der Waals surface area contributed by atoms with Gasteiger partial charge in [0.15, 0.2) is 0 Å². The fraction of sp³-hybridized carbons (Fsp3) is 0.278. The molecule has 0 aliphatic heterocycles. The van der Waals surface area contributed by atoms with Gasteiger partial charge in [-0.25, -0.2) is 8.42 Å². The zero-order valence-electron chi connectivity index (χ0n) is 25.8. The van der Waals surface area contributed by atoms with Crippen molar-refractivity contribution in [3.05, 3.63) is 131 Å². The molecule has 4 aromatic rings. The van der Waals surface area contributed by atoms with Crippen LogP contribution in [0.5, 0.6) is 0 Å². The monoisotopic (exact) mass is 611 g/mol. The molecule has 1 N–H and O–H groups in total. The minimum absolute atomic E-state index is 0.0835. The van der Waals surface area contributed by atoms with Crippen molar-refractivity contribution in [2.24, 2.45) is 0 Å². The van der Waals surface area contributed by atoms with E-state index in [0.717, 1.165) is 33.0 Å². The summed E-state index contributed by atoms with van der Waals surface area (Å²) < 4.78 is 29.2. The molecule has 2 atom stereocenters. The van der Waals surface area contributed by atoms with E-state index >= 15 is 0 Å². The molecule has 0 spiro atoms. The number of para-hydroxylation sites is 1. The van der Waals surface area contributed by atoms with E-state index in [1.54, 1.807) is 54.6 Å². The van der Waals surface area contributed by atoms with Crippen molar-refractivity contribution in [2.75, 3.05) is 10.8 Å². The van der Waals surface area contributed by atoms with Gasteiger partial charge in [-0.1, -0.05) is 103 Å². The Morgan fingerprint density at radius 2 is 1.30 bits per heavy atom. The van der Waals surface area contributed by atoms with E-state index in [2.05, 4.69) is 5.32 Å². The number of hydrogen-bond acceptors (Lipinski definition) is 4. The quantitative estimate of drug-likeness (QED) is 0.199. The first-order chi connectivity index (χ1) is 21.1. The Balaban J connectivity index is 1.78. The standard InChI is InChI=1S/C36H41N3O4S/c1-5-29(4)37-36(41)34(24-30-12-8-6-9-13-30)38(25-31-20-16-27(2)17-21-31)35(40)26-39(32-14-10-7-11-15-32)44(42,43)33-22-18-28(3)19-23-33/h6-23,29,34H,5,24-26H2,1-4H3,(H,37,41)/t29-,34+/m0/s1. The van der Waals surface area contributed by atoms with Crippen LogP contribution < -0.4 is 9.62 Å². The molecule has 44 heavy (non-hydrogen) atoms. The molecule has 0 radical (unpaired) electrons. The first kappa shape index (κ1) is 32.5. The van der Waals surface area contributed by atoms with Gasteiger partial charge in [-0.2, -0.15) is 0 Å². The summed E-state index contributed by atoms with van der Waals surface area (Å²) in [7, 11) is -4.12. The molecule has 0 bridgehead atoms. The van der Waals surface area contributed by atoms with Crippen molar-refractivity contribution in [3.63, 3.8) is 0 Å². The Morgan fingerprint density at radius 1 is 0.750 bits per heavy atom. The molecule has 0 aromatic heterocycles. The molecule has 0 saturated heterocycles. The van der Waals surface area contributed by atoms with Crippen molar-refractivity contribution in [2.45, 2.75) is 64.1 Å². The number of carbonyl (C=O) groups excluding carboxylic acids is 2. The molecule has 8 heteroatoms. The topological polar surface area (TPSA) is 86.8 Å². The fourth-order valence-electron chi connectivity index (χ4n) is 4.85. The third-order valence-electron chi connectivity index (χ3n) is 7.68. The van der Waals surface area contributed by atoms with Gasteiger partial charge in [0.25, 0.3) is 10.0 Å². The number of hydrogen-bond donors (Lipinski definition) is 1. The molecule has 2 amide bonds. The molecule has 4 aromatic carbocycles. The highest BCUT2D eigenvalue weighted by molar-refractivity contribution is 7.92. The van der Waals surface area contributed by atoms with Gasteiger partial charge in [0.1, 0.15) is 12.6 Å². The van der Waals surface area contributed by atoms with Crippen molar-refractivity contribution in [1.82, 2.24) is 10.2 Å². The van der Waals surface area contributed by atoms with Crippen LogP contribution in [0.25, 0.3) is 0 Å². The summed E-state index contributed by atoms with van der Waals surface area (Å²) in [4.78, 5) is 29.9. The lowest BCUT2D eigenvalue weighted by molar-refractivity contribution is -0.140. The van der Waals surface area contributed by atoms with E-state index in [1.807, 2.05) is 82.3 Å². The molecule has 7 nitrogen and oxygen atoms in total. The molecule has 0 heterocycles. The van der Waals surface area contributed by atoms with Crippen LogP contribution in [0.1, 0.15) is 42.5 Å². The molecule has 230 valence electrons. The maximum Gasteiger partial charge on any atom is 0.264 e. The van der Waals surface area contributed by atoms with Crippen molar-refractivity contribution in [3.8, 4) is 0 Å². The zero-order chi connectivity index (χ0) is 31.7. The van der Waals surface area contributed by atoms with Gasteiger partial charge in [-0.3, -0.25) is 13.9 Å². The van der Waals surface area contributed by atoms with Gasteiger partial charge >= 0.3 is 0 Å². The van der Waals surface area contributed by atoms with Crippen LogP contribution in [0.15, 0.2) is 114 Å². The lowest BCUT2D eigenvalue weighted by Crippen LogP contribution is -2.54. The van der Waals surface area contributed by atoms with Crippen LogP contribution in [0.4, 0.5) is 5.69 Å². The fourth-order valence-corrected chi connectivity index (χ4v) is 6.26. The lowest BCUT2D eigenvalue weighted by Gasteiger charge is -2.34. The Labute approximate surface area is 261 Å². The van der Waals surface area contributed by atoms with Crippen LogP contribution in [0.2, 0.25) is 0 Å². The van der Waals surface area contributed by atoms with Crippen LogP contribution in [-0.2, 0) is 32.6 Å². The molecule has 0 fully saturated rings. The van der Waals surface area contributed by atoms with Gasteiger partial charge in [-0.15, -0.1) is 0 Å². The first-order valence-electron chi connectivity index (χ1n) is 14.9. The lowest BCUT2D eigenvalue weighted by atomic mass is 10.0. The van der Waals surface area contributed by atoms with E-state index in [4.69, 9.17) is 0 Å². The van der Waals surface area contributed by atoms with Gasteiger partial charge in [0, 0.05) is 19.0 Å². The van der Waals surface area contributed by atoms with E-state index < -0.39 is 28.5 Å². The van der Waals surface area contributed by atoms with Gasteiger partial charge in [0.2, 0.25) is 11.8 Å². The summed E-state index contributed by atoms with van der Waals surface area (Å²) in [5.74, 6) is -0.762. The number of nitrogens with one attached hydrogen (secondary N) is 1. The number of carbonyl (C=O) groups is 2. The summed E-state index contributed by atoms with van der Waals surface area (Å²) in [5.41, 5.74) is 4.09. The number of sulfonamides is 1. The predicted octanol–water partition coefficient (Wildman–Crippen LogP) is 6.05.